The van der Waals surface area contributed by atoms with Crippen LogP contribution < -0.4 is 0 Å². The van der Waals surface area contributed by atoms with Crippen molar-refractivity contribution in [3.8, 4) is 0 Å². The van der Waals surface area contributed by atoms with Gasteiger partial charge >= 0.3 is 0 Å². The molecule has 0 unspecified atom stereocenters. The van der Waals surface area contributed by atoms with Crippen LogP contribution in [0.2, 0.25) is 0 Å². The van der Waals surface area contributed by atoms with Crippen LogP contribution in [0.15, 0.2) is 12.2 Å². The van der Waals surface area contributed by atoms with Crippen LogP contribution in [0.5, 0.6) is 0 Å². The molecule has 1 nitrogen and oxygen atoms in total. The minimum absolute atomic E-state index is 1.00. The predicted octanol–water partition coefficient (Wildman–Crippen LogP) is 2.51. The predicted molar refractivity (Wildman–Crippen MR) is 45.0 cm³/mol. The zero-order chi connectivity index (χ0) is 7.66. The van der Waals surface area contributed by atoms with E-state index in [0.717, 1.165) is 7.11 Å². The number of aliphatic hydroxyl groups excluding tert-OH is 1. The molecule has 1 N–H and O–H groups in total. The van der Waals surface area contributed by atoms with E-state index in [4.69, 9.17) is 5.11 Å². The van der Waals surface area contributed by atoms with Gasteiger partial charge in [0.25, 0.3) is 0 Å². The topological polar surface area (TPSA) is 20.2 Å². The second-order valence-electron chi connectivity index (χ2n) is 2.46. The number of hydrogen-bond donors (Lipinski definition) is 1. The highest BCUT2D eigenvalue weighted by Crippen LogP contribution is 2.09. The van der Waals surface area contributed by atoms with Crippen molar-refractivity contribution in [1.29, 1.82) is 0 Å². The Morgan fingerprint density at radius 1 is 0.800 bits per heavy atom. The molecular formula is C9H18O. The van der Waals surface area contributed by atoms with Gasteiger partial charge in [-0.1, -0.05) is 25.0 Å². The first-order valence-electron chi connectivity index (χ1n) is 4.10. The lowest BCUT2D eigenvalue weighted by atomic mass is 10.1. The summed E-state index contributed by atoms with van der Waals surface area (Å²) in [4.78, 5) is 0. The van der Waals surface area contributed by atoms with Crippen LogP contribution in [0, 0.1) is 0 Å². The second kappa shape index (κ2) is 8.70. The third kappa shape index (κ3) is 5.83. The van der Waals surface area contributed by atoms with Gasteiger partial charge in [-0.25, -0.2) is 0 Å². The molecule has 0 fully saturated rings. The molecular weight excluding hydrogens is 124 g/mol. The molecule has 1 rings (SSSR count). The van der Waals surface area contributed by atoms with E-state index >= 15 is 0 Å². The van der Waals surface area contributed by atoms with Crippen LogP contribution in [-0.4, -0.2) is 12.2 Å². The Morgan fingerprint density at radius 2 is 1.20 bits per heavy atom. The maximum Gasteiger partial charge on any atom is 0.0319 e. The first-order chi connectivity index (χ1) is 5.00. The van der Waals surface area contributed by atoms with Gasteiger partial charge in [-0.2, -0.15) is 0 Å². The van der Waals surface area contributed by atoms with Gasteiger partial charge in [0.15, 0.2) is 0 Å². The van der Waals surface area contributed by atoms with E-state index in [9.17, 15) is 0 Å². The third-order valence-corrected chi connectivity index (χ3v) is 1.66. The highest BCUT2D eigenvalue weighted by Gasteiger charge is 1.89. The number of hydrogen-bond acceptors (Lipinski definition) is 1. The van der Waals surface area contributed by atoms with E-state index in [1.807, 2.05) is 0 Å². The number of allylic oxidation sites excluding steroid dienone is 2. The number of aliphatic hydroxyl groups is 1. The zero-order valence-electron chi connectivity index (χ0n) is 6.84. The van der Waals surface area contributed by atoms with E-state index < -0.39 is 0 Å². The molecule has 0 heterocycles. The van der Waals surface area contributed by atoms with Crippen molar-refractivity contribution < 1.29 is 5.11 Å². The molecule has 0 atom stereocenters. The molecule has 0 bridgehead atoms. The minimum atomic E-state index is 1.00. The largest absolute Gasteiger partial charge is 0.400 e. The summed E-state index contributed by atoms with van der Waals surface area (Å²) in [5.74, 6) is 0. The van der Waals surface area contributed by atoms with Crippen LogP contribution in [0.4, 0.5) is 0 Å². The molecule has 10 heavy (non-hydrogen) atoms. The van der Waals surface area contributed by atoms with Gasteiger partial charge in [0.2, 0.25) is 0 Å². The van der Waals surface area contributed by atoms with Gasteiger partial charge in [-0.05, 0) is 25.7 Å². The van der Waals surface area contributed by atoms with E-state index in [-0.39, 0.29) is 0 Å². The molecule has 0 saturated carbocycles. The molecule has 0 aromatic carbocycles. The zero-order valence-corrected chi connectivity index (χ0v) is 6.84. The van der Waals surface area contributed by atoms with Gasteiger partial charge in [0.1, 0.15) is 0 Å². The molecule has 1 heteroatoms. The van der Waals surface area contributed by atoms with Crippen LogP contribution in [0.1, 0.15) is 38.5 Å². The summed E-state index contributed by atoms with van der Waals surface area (Å²) in [5, 5.41) is 7.00. The second-order valence-corrected chi connectivity index (χ2v) is 2.46. The lowest BCUT2D eigenvalue weighted by Gasteiger charge is -2.00. The lowest BCUT2D eigenvalue weighted by Crippen LogP contribution is -1.80. The molecule has 0 aliphatic heterocycles. The van der Waals surface area contributed by atoms with Gasteiger partial charge < -0.3 is 5.11 Å². The summed E-state index contributed by atoms with van der Waals surface area (Å²) in [6, 6.07) is 0. The first-order valence-corrected chi connectivity index (χ1v) is 4.10. The molecule has 0 aromatic heterocycles. The summed E-state index contributed by atoms with van der Waals surface area (Å²) >= 11 is 0. The average molecular weight is 142 g/mol. The summed E-state index contributed by atoms with van der Waals surface area (Å²) in [5.41, 5.74) is 0. The Kier molecular flexibility index (Phi) is 8.44. The Morgan fingerprint density at radius 3 is 1.60 bits per heavy atom. The molecule has 0 saturated heterocycles. The van der Waals surface area contributed by atoms with E-state index in [0.29, 0.717) is 0 Å². The number of rotatable bonds is 0. The monoisotopic (exact) mass is 142 g/mol. The Bertz CT molecular complexity index is 66.8. The van der Waals surface area contributed by atoms with Gasteiger partial charge in [0, 0.05) is 7.11 Å². The summed E-state index contributed by atoms with van der Waals surface area (Å²) < 4.78 is 0. The fraction of sp³-hybridized carbons (Fsp3) is 0.778. The molecule has 1 aliphatic rings. The molecule has 0 amide bonds. The quantitative estimate of drug-likeness (QED) is 0.515. The standard InChI is InChI=1S/C8H14.CH4O/c1-2-4-6-8-7-5-3-1;1-2/h1-2H,3-8H2;2H,1H3. The van der Waals surface area contributed by atoms with Crippen molar-refractivity contribution in [2.24, 2.45) is 0 Å². The third-order valence-electron chi connectivity index (χ3n) is 1.66. The van der Waals surface area contributed by atoms with Crippen molar-refractivity contribution in [1.82, 2.24) is 0 Å². The average Bonchev–Trinajstić information content (AvgIpc) is 1.90. The van der Waals surface area contributed by atoms with E-state index in [2.05, 4.69) is 12.2 Å². The van der Waals surface area contributed by atoms with Crippen molar-refractivity contribution in [3.05, 3.63) is 12.2 Å². The molecule has 0 spiro atoms. The van der Waals surface area contributed by atoms with Crippen LogP contribution in [0.3, 0.4) is 0 Å². The SMILES string of the molecule is C1=CCCCCCC1.CO. The van der Waals surface area contributed by atoms with E-state index in [1.165, 1.54) is 38.5 Å². The fourth-order valence-electron chi connectivity index (χ4n) is 1.11. The molecule has 1 aliphatic carbocycles. The summed E-state index contributed by atoms with van der Waals surface area (Å²) in [7, 11) is 1.00. The maximum absolute atomic E-state index is 7.00. The van der Waals surface area contributed by atoms with Crippen molar-refractivity contribution in [2.75, 3.05) is 7.11 Å². The molecule has 0 aromatic rings. The minimum Gasteiger partial charge on any atom is -0.400 e. The first kappa shape index (κ1) is 9.70. The van der Waals surface area contributed by atoms with E-state index in [1.54, 1.807) is 0 Å². The Hall–Kier alpha value is -0.300. The van der Waals surface area contributed by atoms with Gasteiger partial charge in [-0.15, -0.1) is 0 Å². The maximum atomic E-state index is 7.00. The highest BCUT2D eigenvalue weighted by molar-refractivity contribution is 4.82. The fourth-order valence-corrected chi connectivity index (χ4v) is 1.11. The summed E-state index contributed by atoms with van der Waals surface area (Å²) in [6.45, 7) is 0. The van der Waals surface area contributed by atoms with Gasteiger partial charge in [0.05, 0.1) is 0 Å². The normalized spacial score (nSPS) is 18.2. The summed E-state index contributed by atoms with van der Waals surface area (Å²) in [6.07, 6.45) is 13.0. The Labute approximate surface area is 63.8 Å². The molecule has 60 valence electrons. The lowest BCUT2D eigenvalue weighted by molar-refractivity contribution is 0.399. The Balaban J connectivity index is 0.000000371. The highest BCUT2D eigenvalue weighted by atomic mass is 16.2. The van der Waals surface area contributed by atoms with Crippen molar-refractivity contribution in [3.63, 3.8) is 0 Å². The molecule has 0 radical (unpaired) electrons. The van der Waals surface area contributed by atoms with Crippen molar-refractivity contribution in [2.45, 2.75) is 38.5 Å². The van der Waals surface area contributed by atoms with Crippen LogP contribution >= 0.6 is 0 Å². The van der Waals surface area contributed by atoms with Crippen LogP contribution in [-0.2, 0) is 0 Å². The van der Waals surface area contributed by atoms with Crippen LogP contribution in [0.25, 0.3) is 0 Å². The van der Waals surface area contributed by atoms with Crippen molar-refractivity contribution >= 4 is 0 Å². The smallest absolute Gasteiger partial charge is 0.0319 e. The van der Waals surface area contributed by atoms with Gasteiger partial charge in [-0.3, -0.25) is 0 Å².